The molecule has 3 aliphatic rings. The number of carbonyl (C=O) groups is 2. The van der Waals surface area contributed by atoms with Crippen LogP contribution in [0.3, 0.4) is 0 Å². The van der Waals surface area contributed by atoms with Gasteiger partial charge in [0, 0.05) is 64.1 Å². The van der Waals surface area contributed by atoms with E-state index < -0.39 is 0 Å². The van der Waals surface area contributed by atoms with Crippen LogP contribution in [0.1, 0.15) is 13.3 Å². The highest BCUT2D eigenvalue weighted by Gasteiger charge is 2.60. The Balaban J connectivity index is 1.15. The molecule has 29 heavy (non-hydrogen) atoms. The summed E-state index contributed by atoms with van der Waals surface area (Å²) in [4.78, 5) is 35.4. The summed E-state index contributed by atoms with van der Waals surface area (Å²) in [5.41, 5.74) is 0.984. The summed E-state index contributed by atoms with van der Waals surface area (Å²) < 4.78 is 1.82. The zero-order valence-corrected chi connectivity index (χ0v) is 16.9. The van der Waals surface area contributed by atoms with Crippen LogP contribution in [0, 0.1) is 17.8 Å². The van der Waals surface area contributed by atoms with E-state index in [0.717, 1.165) is 30.8 Å². The lowest BCUT2D eigenvalue weighted by Gasteiger charge is -2.25. The fraction of sp³-hybridized carbons (Fsp3) is 0.600. The van der Waals surface area contributed by atoms with E-state index in [0.29, 0.717) is 31.5 Å². The molecule has 2 aliphatic heterocycles. The first-order valence-corrected chi connectivity index (χ1v) is 10.4. The molecule has 1 saturated carbocycles. The first-order chi connectivity index (χ1) is 14.1. The van der Waals surface area contributed by atoms with Gasteiger partial charge in [0.25, 0.3) is 0 Å². The van der Waals surface area contributed by atoms with Crippen LogP contribution in [-0.2, 0) is 4.79 Å². The number of rotatable bonds is 4. The molecule has 3 fully saturated rings. The van der Waals surface area contributed by atoms with Gasteiger partial charge in [0.05, 0.1) is 6.20 Å². The lowest BCUT2D eigenvalue weighted by molar-refractivity contribution is -0.123. The highest BCUT2D eigenvalue weighted by atomic mass is 16.2. The average Bonchev–Trinajstić information content (AvgIpc) is 3.21. The SMILES string of the molecule is CCN(C)C(=O)N1C[C@@H]2C(C(=O)N[C@H]3CCN(c4nccn5nccc45)C3)[C@@H]2C1. The summed E-state index contributed by atoms with van der Waals surface area (Å²) in [6.07, 6.45) is 6.28. The molecule has 9 heteroatoms. The molecule has 5 rings (SSSR count). The predicted molar refractivity (Wildman–Crippen MR) is 107 cm³/mol. The van der Waals surface area contributed by atoms with Gasteiger partial charge in [0.2, 0.25) is 5.91 Å². The van der Waals surface area contributed by atoms with Crippen molar-refractivity contribution in [3.63, 3.8) is 0 Å². The van der Waals surface area contributed by atoms with Crippen molar-refractivity contribution in [1.29, 1.82) is 0 Å². The molecule has 2 aromatic rings. The predicted octanol–water partition coefficient (Wildman–Crippen LogP) is 0.674. The number of fused-ring (bicyclic) bond motifs is 2. The minimum atomic E-state index is 0.0661. The van der Waals surface area contributed by atoms with Crippen molar-refractivity contribution < 1.29 is 9.59 Å². The first-order valence-electron chi connectivity index (χ1n) is 10.4. The molecule has 4 atom stereocenters. The maximum Gasteiger partial charge on any atom is 0.319 e. The normalized spacial score (nSPS) is 27.9. The maximum atomic E-state index is 12.8. The standard InChI is InChI=1S/C20H27N7O2/c1-3-24(2)20(29)26-11-14-15(12-26)17(14)19(28)23-13-5-8-25(10-13)18-16-4-6-22-27(16)9-7-21-18/h4,6-7,9,13-15,17H,3,5,8,10-12H2,1-2H3,(H,23,28)/t13-,14-,15+,17?/m0/s1. The number of likely N-dealkylation sites (tertiary alicyclic amines) is 1. The van der Waals surface area contributed by atoms with Crippen molar-refractivity contribution >= 4 is 23.3 Å². The summed E-state index contributed by atoms with van der Waals surface area (Å²) in [6.45, 7) is 5.71. The van der Waals surface area contributed by atoms with Crippen molar-refractivity contribution in [3.05, 3.63) is 24.7 Å². The molecule has 0 spiro atoms. The highest BCUT2D eigenvalue weighted by Crippen LogP contribution is 2.52. The number of amides is 3. The average molecular weight is 397 g/mol. The Kier molecular flexibility index (Phi) is 4.33. The van der Waals surface area contributed by atoms with Gasteiger partial charge in [0.15, 0.2) is 5.82 Å². The molecule has 3 amide bonds. The second-order valence-electron chi connectivity index (χ2n) is 8.41. The largest absolute Gasteiger partial charge is 0.353 e. The minimum absolute atomic E-state index is 0.0661. The Morgan fingerprint density at radius 2 is 2.03 bits per heavy atom. The van der Waals surface area contributed by atoms with E-state index in [1.807, 2.05) is 35.6 Å². The van der Waals surface area contributed by atoms with Gasteiger partial charge in [-0.3, -0.25) is 4.79 Å². The van der Waals surface area contributed by atoms with Crippen molar-refractivity contribution in [2.75, 3.05) is 44.7 Å². The summed E-state index contributed by atoms with van der Waals surface area (Å²) in [7, 11) is 1.82. The Morgan fingerprint density at radius 3 is 2.79 bits per heavy atom. The molecular formula is C20H27N7O2. The second-order valence-corrected chi connectivity index (χ2v) is 8.41. The van der Waals surface area contributed by atoms with Crippen molar-refractivity contribution in [2.24, 2.45) is 17.8 Å². The van der Waals surface area contributed by atoms with Gasteiger partial charge in [-0.15, -0.1) is 0 Å². The zero-order chi connectivity index (χ0) is 20.1. The molecular weight excluding hydrogens is 370 g/mol. The molecule has 0 radical (unpaired) electrons. The van der Waals surface area contributed by atoms with Gasteiger partial charge in [-0.2, -0.15) is 5.10 Å². The third-order valence-corrected chi connectivity index (χ3v) is 6.71. The number of nitrogens with zero attached hydrogens (tertiary/aromatic N) is 6. The van der Waals surface area contributed by atoms with Gasteiger partial charge in [-0.1, -0.05) is 0 Å². The van der Waals surface area contributed by atoms with E-state index in [2.05, 4.69) is 20.3 Å². The monoisotopic (exact) mass is 397 g/mol. The van der Waals surface area contributed by atoms with E-state index in [9.17, 15) is 9.59 Å². The number of hydrogen-bond acceptors (Lipinski definition) is 5. The molecule has 9 nitrogen and oxygen atoms in total. The first kappa shape index (κ1) is 18.2. The van der Waals surface area contributed by atoms with E-state index in [-0.39, 0.29) is 23.9 Å². The summed E-state index contributed by atoms with van der Waals surface area (Å²) >= 11 is 0. The fourth-order valence-electron chi connectivity index (χ4n) is 4.90. The Labute approximate surface area is 169 Å². The smallest absolute Gasteiger partial charge is 0.319 e. The molecule has 0 aromatic carbocycles. The molecule has 1 aliphatic carbocycles. The third-order valence-electron chi connectivity index (χ3n) is 6.71. The van der Waals surface area contributed by atoms with Crippen LogP contribution in [0.5, 0.6) is 0 Å². The van der Waals surface area contributed by atoms with E-state index >= 15 is 0 Å². The van der Waals surface area contributed by atoms with Crippen molar-refractivity contribution in [2.45, 2.75) is 19.4 Å². The van der Waals surface area contributed by atoms with E-state index in [1.54, 1.807) is 17.3 Å². The molecule has 154 valence electrons. The van der Waals surface area contributed by atoms with Crippen LogP contribution >= 0.6 is 0 Å². The number of anilines is 1. The van der Waals surface area contributed by atoms with E-state index in [4.69, 9.17) is 0 Å². The lowest BCUT2D eigenvalue weighted by Crippen LogP contribution is -2.43. The van der Waals surface area contributed by atoms with Gasteiger partial charge in [-0.25, -0.2) is 14.3 Å². The van der Waals surface area contributed by atoms with Gasteiger partial charge < -0.3 is 20.0 Å². The molecule has 2 saturated heterocycles. The Morgan fingerprint density at radius 1 is 1.24 bits per heavy atom. The Bertz CT molecular complexity index is 932. The van der Waals surface area contributed by atoms with Gasteiger partial charge in [-0.05, 0) is 31.2 Å². The summed E-state index contributed by atoms with van der Waals surface area (Å²) in [5, 5.41) is 7.51. The molecule has 1 N–H and O–H groups in total. The summed E-state index contributed by atoms with van der Waals surface area (Å²) in [6, 6.07) is 2.17. The van der Waals surface area contributed by atoms with Crippen LogP contribution in [0.4, 0.5) is 10.6 Å². The number of aromatic nitrogens is 3. The number of hydrogen-bond donors (Lipinski definition) is 1. The van der Waals surface area contributed by atoms with Crippen LogP contribution in [-0.4, -0.2) is 82.1 Å². The molecule has 0 bridgehead atoms. The molecule has 4 heterocycles. The summed E-state index contributed by atoms with van der Waals surface area (Å²) in [5.74, 6) is 1.78. The van der Waals surface area contributed by atoms with E-state index in [1.165, 1.54) is 0 Å². The van der Waals surface area contributed by atoms with Gasteiger partial charge >= 0.3 is 6.03 Å². The maximum absolute atomic E-state index is 12.8. The third kappa shape index (κ3) is 3.08. The van der Waals surface area contributed by atoms with Crippen molar-refractivity contribution in [1.82, 2.24) is 29.7 Å². The van der Waals surface area contributed by atoms with Crippen molar-refractivity contribution in [3.8, 4) is 0 Å². The van der Waals surface area contributed by atoms with Crippen LogP contribution in [0.2, 0.25) is 0 Å². The highest BCUT2D eigenvalue weighted by molar-refractivity contribution is 5.84. The molecule has 2 aromatic heterocycles. The topological polar surface area (TPSA) is 86.1 Å². The van der Waals surface area contributed by atoms with Gasteiger partial charge in [0.1, 0.15) is 5.52 Å². The van der Waals surface area contributed by atoms with Crippen LogP contribution < -0.4 is 10.2 Å². The number of urea groups is 1. The number of nitrogens with one attached hydrogen (secondary N) is 1. The second kappa shape index (κ2) is 6.89. The number of piperidine rings is 1. The zero-order valence-electron chi connectivity index (χ0n) is 16.9. The van der Waals surface area contributed by atoms with Crippen LogP contribution in [0.15, 0.2) is 24.7 Å². The van der Waals surface area contributed by atoms with Crippen LogP contribution in [0.25, 0.3) is 5.52 Å². The lowest BCUT2D eigenvalue weighted by atomic mass is 10.2. The fourth-order valence-corrected chi connectivity index (χ4v) is 4.90. The minimum Gasteiger partial charge on any atom is -0.353 e. The number of carbonyl (C=O) groups excluding carboxylic acids is 2. The Hall–Kier alpha value is -2.84. The molecule has 1 unspecified atom stereocenters. The quantitative estimate of drug-likeness (QED) is 0.820.